The predicted octanol–water partition coefficient (Wildman–Crippen LogP) is 4.42. The summed E-state index contributed by atoms with van der Waals surface area (Å²) >= 11 is 0. The Bertz CT molecular complexity index is 871. The second-order valence-electron chi connectivity index (χ2n) is 6.53. The SMILES string of the molecule is O=C(CO)CCCCCCc1nc2ccc(-c3ccc(F)cc3)cc2[nH]1. The maximum Gasteiger partial charge on any atom is 0.158 e. The fourth-order valence-corrected chi connectivity index (χ4v) is 3.05. The average Bonchev–Trinajstić information content (AvgIpc) is 3.06. The highest BCUT2D eigenvalue weighted by atomic mass is 19.1. The Labute approximate surface area is 152 Å². The van der Waals surface area contributed by atoms with Gasteiger partial charge in [-0.25, -0.2) is 9.37 Å². The molecule has 0 spiro atoms. The van der Waals surface area contributed by atoms with Crippen LogP contribution in [0.1, 0.15) is 37.9 Å². The number of carbonyl (C=O) groups is 1. The number of aromatic nitrogens is 2. The number of carbonyl (C=O) groups excluding carboxylic acids is 1. The molecule has 0 unspecified atom stereocenters. The van der Waals surface area contributed by atoms with Crippen LogP contribution in [0, 0.1) is 5.82 Å². The van der Waals surface area contributed by atoms with Crippen LogP contribution < -0.4 is 0 Å². The van der Waals surface area contributed by atoms with Gasteiger partial charge in [0.15, 0.2) is 5.78 Å². The molecule has 0 atom stereocenters. The summed E-state index contributed by atoms with van der Waals surface area (Å²) in [5.74, 6) is 0.640. The number of fused-ring (bicyclic) bond motifs is 1. The van der Waals surface area contributed by atoms with Crippen molar-refractivity contribution >= 4 is 16.8 Å². The monoisotopic (exact) mass is 354 g/mol. The third kappa shape index (κ3) is 4.76. The third-order valence-electron chi connectivity index (χ3n) is 4.50. The van der Waals surface area contributed by atoms with Crippen molar-refractivity contribution < 1.29 is 14.3 Å². The molecule has 0 saturated heterocycles. The van der Waals surface area contributed by atoms with E-state index in [1.807, 2.05) is 18.2 Å². The molecule has 5 heteroatoms. The van der Waals surface area contributed by atoms with Gasteiger partial charge in [-0.3, -0.25) is 4.79 Å². The van der Waals surface area contributed by atoms with Crippen LogP contribution in [0.5, 0.6) is 0 Å². The van der Waals surface area contributed by atoms with E-state index >= 15 is 0 Å². The summed E-state index contributed by atoms with van der Waals surface area (Å²) in [7, 11) is 0. The highest BCUT2D eigenvalue weighted by Gasteiger charge is 2.06. The number of aliphatic hydroxyl groups excluding tert-OH is 1. The number of Topliss-reactive ketones (excluding diaryl/α,β-unsaturated/α-hetero) is 1. The van der Waals surface area contributed by atoms with Gasteiger partial charge in [-0.05, 0) is 48.2 Å². The minimum Gasteiger partial charge on any atom is -0.389 e. The van der Waals surface area contributed by atoms with Gasteiger partial charge in [0, 0.05) is 12.8 Å². The fraction of sp³-hybridized carbons (Fsp3) is 0.333. The Hall–Kier alpha value is -2.53. The summed E-state index contributed by atoms with van der Waals surface area (Å²) < 4.78 is 13.1. The minimum absolute atomic E-state index is 0.0840. The summed E-state index contributed by atoms with van der Waals surface area (Å²) in [5.41, 5.74) is 3.91. The molecule has 136 valence electrons. The molecule has 26 heavy (non-hydrogen) atoms. The normalized spacial score (nSPS) is 11.2. The Morgan fingerprint density at radius 3 is 2.50 bits per heavy atom. The number of hydrogen-bond acceptors (Lipinski definition) is 3. The summed E-state index contributed by atoms with van der Waals surface area (Å²) in [6, 6.07) is 12.5. The van der Waals surface area contributed by atoms with Gasteiger partial charge in [0.25, 0.3) is 0 Å². The number of ketones is 1. The molecule has 0 bridgehead atoms. The second-order valence-corrected chi connectivity index (χ2v) is 6.53. The van der Waals surface area contributed by atoms with Crippen LogP contribution in [-0.4, -0.2) is 27.5 Å². The number of H-pyrrole nitrogens is 1. The lowest BCUT2D eigenvalue weighted by Gasteiger charge is -2.01. The van der Waals surface area contributed by atoms with Gasteiger partial charge in [-0.2, -0.15) is 0 Å². The van der Waals surface area contributed by atoms with Crippen LogP contribution in [0.4, 0.5) is 4.39 Å². The summed E-state index contributed by atoms with van der Waals surface area (Å²) in [5, 5.41) is 8.68. The Morgan fingerprint density at radius 2 is 1.73 bits per heavy atom. The first kappa shape index (κ1) is 18.3. The Kier molecular flexibility index (Phi) is 6.12. The maximum absolute atomic E-state index is 13.1. The Balaban J connectivity index is 1.56. The van der Waals surface area contributed by atoms with E-state index in [1.165, 1.54) is 12.1 Å². The molecule has 0 aliphatic rings. The van der Waals surface area contributed by atoms with Crippen molar-refractivity contribution in [3.63, 3.8) is 0 Å². The molecule has 0 aliphatic heterocycles. The highest BCUT2D eigenvalue weighted by molar-refractivity contribution is 5.82. The van der Waals surface area contributed by atoms with Crippen LogP contribution in [0.25, 0.3) is 22.2 Å². The number of aliphatic hydroxyl groups is 1. The Morgan fingerprint density at radius 1 is 1.00 bits per heavy atom. The third-order valence-corrected chi connectivity index (χ3v) is 4.50. The molecule has 0 aliphatic carbocycles. The minimum atomic E-state index is -0.348. The molecule has 1 heterocycles. The molecule has 3 rings (SSSR count). The van der Waals surface area contributed by atoms with Crippen LogP contribution in [-0.2, 0) is 11.2 Å². The topological polar surface area (TPSA) is 66.0 Å². The standard InChI is InChI=1S/C21H23FN2O2/c22-17-10-7-15(8-11-17)16-9-12-19-20(13-16)24-21(23-19)6-4-2-1-3-5-18(26)14-25/h7-13,25H,1-6,14H2,(H,23,24). The van der Waals surface area contributed by atoms with Crippen molar-refractivity contribution in [3.05, 3.63) is 54.1 Å². The smallest absolute Gasteiger partial charge is 0.158 e. The van der Waals surface area contributed by atoms with Crippen molar-refractivity contribution in [2.24, 2.45) is 0 Å². The number of aryl methyl sites for hydroxylation is 1. The van der Waals surface area contributed by atoms with E-state index in [-0.39, 0.29) is 18.2 Å². The van der Waals surface area contributed by atoms with Crippen LogP contribution in [0.3, 0.4) is 0 Å². The number of benzene rings is 2. The van der Waals surface area contributed by atoms with Crippen LogP contribution in [0.15, 0.2) is 42.5 Å². The summed E-state index contributed by atoms with van der Waals surface area (Å²) in [6.45, 7) is -0.348. The van der Waals surface area contributed by atoms with E-state index in [2.05, 4.69) is 9.97 Å². The number of aromatic amines is 1. The van der Waals surface area contributed by atoms with Gasteiger partial charge < -0.3 is 10.1 Å². The molecule has 3 aromatic rings. The average molecular weight is 354 g/mol. The lowest BCUT2D eigenvalue weighted by molar-refractivity contribution is -0.121. The van der Waals surface area contributed by atoms with E-state index in [0.29, 0.717) is 6.42 Å². The van der Waals surface area contributed by atoms with Crippen molar-refractivity contribution in [3.8, 4) is 11.1 Å². The zero-order valence-electron chi connectivity index (χ0n) is 14.7. The number of rotatable bonds is 9. The van der Waals surface area contributed by atoms with E-state index in [4.69, 9.17) is 5.11 Å². The van der Waals surface area contributed by atoms with E-state index in [9.17, 15) is 9.18 Å². The molecule has 0 amide bonds. The largest absolute Gasteiger partial charge is 0.389 e. The molecular formula is C21H23FN2O2. The van der Waals surface area contributed by atoms with Crippen LogP contribution in [0.2, 0.25) is 0 Å². The molecule has 0 fully saturated rings. The van der Waals surface area contributed by atoms with Crippen molar-refractivity contribution in [2.45, 2.75) is 38.5 Å². The van der Waals surface area contributed by atoms with E-state index < -0.39 is 0 Å². The molecule has 0 radical (unpaired) electrons. The first-order valence-corrected chi connectivity index (χ1v) is 9.03. The van der Waals surface area contributed by atoms with Gasteiger partial charge in [0.05, 0.1) is 11.0 Å². The fourth-order valence-electron chi connectivity index (χ4n) is 3.05. The zero-order valence-corrected chi connectivity index (χ0v) is 14.7. The number of nitrogens with zero attached hydrogens (tertiary/aromatic N) is 1. The first-order valence-electron chi connectivity index (χ1n) is 9.03. The lowest BCUT2D eigenvalue weighted by atomic mass is 10.1. The second kappa shape index (κ2) is 8.72. The van der Waals surface area contributed by atoms with Gasteiger partial charge >= 0.3 is 0 Å². The summed E-state index contributed by atoms with van der Waals surface area (Å²) in [6.07, 6.45) is 5.21. The molecule has 1 aromatic heterocycles. The number of unbranched alkanes of at least 4 members (excludes halogenated alkanes) is 3. The summed E-state index contributed by atoms with van der Waals surface area (Å²) in [4.78, 5) is 19.0. The number of imidazole rings is 1. The van der Waals surface area contributed by atoms with Crippen LogP contribution >= 0.6 is 0 Å². The highest BCUT2D eigenvalue weighted by Crippen LogP contribution is 2.24. The predicted molar refractivity (Wildman–Crippen MR) is 100 cm³/mol. The number of nitrogens with one attached hydrogen (secondary N) is 1. The van der Waals surface area contributed by atoms with Gasteiger partial charge in [0.2, 0.25) is 0 Å². The molecule has 2 N–H and O–H groups in total. The molecule has 0 saturated carbocycles. The van der Waals surface area contributed by atoms with Crippen molar-refractivity contribution in [1.82, 2.24) is 9.97 Å². The molecular weight excluding hydrogens is 331 g/mol. The van der Waals surface area contributed by atoms with E-state index in [1.54, 1.807) is 12.1 Å². The van der Waals surface area contributed by atoms with Gasteiger partial charge in [0.1, 0.15) is 18.2 Å². The quantitative estimate of drug-likeness (QED) is 0.559. The maximum atomic E-state index is 13.1. The van der Waals surface area contributed by atoms with Crippen molar-refractivity contribution in [1.29, 1.82) is 0 Å². The van der Waals surface area contributed by atoms with Gasteiger partial charge in [-0.15, -0.1) is 0 Å². The number of hydrogen-bond donors (Lipinski definition) is 2. The zero-order chi connectivity index (χ0) is 18.4. The lowest BCUT2D eigenvalue weighted by Crippen LogP contribution is -2.02. The van der Waals surface area contributed by atoms with Crippen molar-refractivity contribution in [2.75, 3.05) is 6.61 Å². The van der Waals surface area contributed by atoms with E-state index in [0.717, 1.165) is 60.1 Å². The van der Waals surface area contributed by atoms with Gasteiger partial charge in [-0.1, -0.05) is 31.0 Å². The molecule has 4 nitrogen and oxygen atoms in total. The first-order chi connectivity index (χ1) is 12.7. The molecule has 2 aromatic carbocycles. The number of halogens is 1.